The maximum absolute atomic E-state index is 12.8. The lowest BCUT2D eigenvalue weighted by molar-refractivity contribution is -0.152. The number of carbonyl (C=O) groups excluding carboxylic acids is 1. The Bertz CT molecular complexity index is 535. The molecule has 0 amide bonds. The van der Waals surface area contributed by atoms with E-state index < -0.39 is 5.41 Å². The van der Waals surface area contributed by atoms with E-state index in [0.29, 0.717) is 6.61 Å². The highest BCUT2D eigenvalue weighted by molar-refractivity contribution is 5.83. The summed E-state index contributed by atoms with van der Waals surface area (Å²) in [5.41, 5.74) is 0.619. The van der Waals surface area contributed by atoms with E-state index in [4.69, 9.17) is 9.47 Å². The minimum Gasteiger partial charge on any atom is -0.465 e. The number of esters is 1. The lowest BCUT2D eigenvalue weighted by Gasteiger charge is -2.41. The smallest absolute Gasteiger partial charge is 0.316 e. The molecular formula is C20H30N2O3. The summed E-state index contributed by atoms with van der Waals surface area (Å²) in [5.74, 6) is -0.0611. The Labute approximate surface area is 150 Å². The third kappa shape index (κ3) is 4.40. The largest absolute Gasteiger partial charge is 0.465 e. The van der Waals surface area contributed by atoms with E-state index in [2.05, 4.69) is 21.9 Å². The van der Waals surface area contributed by atoms with E-state index in [1.807, 2.05) is 25.1 Å². The average Bonchev–Trinajstić information content (AvgIpc) is 2.68. The SMILES string of the molecule is CCOC(=O)C1(c2ccccc2)CCN(CCN2CCOCC2)CC1. The predicted octanol–water partition coefficient (Wildman–Crippen LogP) is 1.92. The van der Waals surface area contributed by atoms with E-state index in [1.165, 1.54) is 0 Å². The van der Waals surface area contributed by atoms with Crippen LogP contribution in [0, 0.1) is 0 Å². The molecule has 25 heavy (non-hydrogen) atoms. The molecule has 2 saturated heterocycles. The van der Waals surface area contributed by atoms with E-state index in [9.17, 15) is 4.79 Å². The molecule has 2 aliphatic heterocycles. The molecule has 0 atom stereocenters. The van der Waals surface area contributed by atoms with Crippen molar-refractivity contribution >= 4 is 5.97 Å². The summed E-state index contributed by atoms with van der Waals surface area (Å²) in [7, 11) is 0. The van der Waals surface area contributed by atoms with Crippen molar-refractivity contribution in [2.24, 2.45) is 0 Å². The molecule has 2 aliphatic rings. The number of morpholine rings is 1. The van der Waals surface area contributed by atoms with Gasteiger partial charge in [0.2, 0.25) is 0 Å². The van der Waals surface area contributed by atoms with Gasteiger partial charge in [-0.15, -0.1) is 0 Å². The topological polar surface area (TPSA) is 42.0 Å². The first-order chi connectivity index (χ1) is 12.2. The quantitative estimate of drug-likeness (QED) is 0.736. The number of likely N-dealkylation sites (tertiary alicyclic amines) is 1. The molecule has 1 aromatic rings. The van der Waals surface area contributed by atoms with Crippen molar-refractivity contribution in [2.45, 2.75) is 25.2 Å². The van der Waals surface area contributed by atoms with Crippen LogP contribution < -0.4 is 0 Å². The monoisotopic (exact) mass is 346 g/mol. The standard InChI is InChI=1S/C20H30N2O3/c1-2-25-19(23)20(18-6-4-3-5-7-18)8-10-21(11-9-20)12-13-22-14-16-24-17-15-22/h3-7H,2,8-17H2,1H3. The van der Waals surface area contributed by atoms with Crippen LogP contribution in [0.4, 0.5) is 0 Å². The number of benzene rings is 1. The molecule has 3 rings (SSSR count). The number of piperidine rings is 1. The fraction of sp³-hybridized carbons (Fsp3) is 0.650. The molecule has 2 heterocycles. The number of carbonyl (C=O) groups is 1. The van der Waals surface area contributed by atoms with Crippen LogP contribution in [-0.2, 0) is 19.7 Å². The number of rotatable bonds is 6. The summed E-state index contributed by atoms with van der Waals surface area (Å²) in [6, 6.07) is 10.2. The van der Waals surface area contributed by atoms with Crippen LogP contribution in [-0.4, -0.2) is 74.9 Å². The fourth-order valence-corrected chi connectivity index (χ4v) is 3.90. The Balaban J connectivity index is 1.60. The molecule has 2 fully saturated rings. The zero-order valence-electron chi connectivity index (χ0n) is 15.3. The first-order valence-corrected chi connectivity index (χ1v) is 9.50. The molecule has 0 spiro atoms. The van der Waals surface area contributed by atoms with Crippen LogP contribution in [0.15, 0.2) is 30.3 Å². The second-order valence-electron chi connectivity index (χ2n) is 6.96. The van der Waals surface area contributed by atoms with E-state index in [-0.39, 0.29) is 5.97 Å². The lowest BCUT2D eigenvalue weighted by Crippen LogP contribution is -2.50. The summed E-state index contributed by atoms with van der Waals surface area (Å²) >= 11 is 0. The van der Waals surface area contributed by atoms with E-state index >= 15 is 0 Å². The van der Waals surface area contributed by atoms with Crippen molar-refractivity contribution in [3.8, 4) is 0 Å². The second-order valence-corrected chi connectivity index (χ2v) is 6.96. The number of hydrogen-bond acceptors (Lipinski definition) is 5. The predicted molar refractivity (Wildman–Crippen MR) is 97.7 cm³/mol. The molecule has 0 saturated carbocycles. The first kappa shape index (κ1) is 18.4. The molecule has 5 heteroatoms. The third-order valence-electron chi connectivity index (χ3n) is 5.54. The Morgan fingerprint density at radius 3 is 2.24 bits per heavy atom. The highest BCUT2D eigenvalue weighted by Gasteiger charge is 2.44. The summed E-state index contributed by atoms with van der Waals surface area (Å²) in [6.07, 6.45) is 1.66. The van der Waals surface area contributed by atoms with Gasteiger partial charge in [0, 0.05) is 26.2 Å². The molecule has 0 aromatic heterocycles. The van der Waals surface area contributed by atoms with Crippen LogP contribution in [0.1, 0.15) is 25.3 Å². The van der Waals surface area contributed by atoms with Crippen LogP contribution in [0.3, 0.4) is 0 Å². The first-order valence-electron chi connectivity index (χ1n) is 9.50. The normalized spacial score (nSPS) is 21.8. The summed E-state index contributed by atoms with van der Waals surface area (Å²) in [6.45, 7) is 10.1. The van der Waals surface area contributed by atoms with Crippen molar-refractivity contribution in [1.29, 1.82) is 0 Å². The Morgan fingerprint density at radius 2 is 1.64 bits per heavy atom. The summed E-state index contributed by atoms with van der Waals surface area (Å²) < 4.78 is 10.9. The molecule has 138 valence electrons. The molecule has 5 nitrogen and oxygen atoms in total. The van der Waals surface area contributed by atoms with Gasteiger partial charge in [-0.25, -0.2) is 0 Å². The van der Waals surface area contributed by atoms with Gasteiger partial charge in [-0.05, 0) is 38.4 Å². The number of nitrogens with zero attached hydrogens (tertiary/aromatic N) is 2. The van der Waals surface area contributed by atoms with Gasteiger partial charge in [0.05, 0.1) is 25.2 Å². The average molecular weight is 346 g/mol. The second kappa shape index (κ2) is 8.79. The van der Waals surface area contributed by atoms with Gasteiger partial charge in [0.15, 0.2) is 0 Å². The van der Waals surface area contributed by atoms with Crippen molar-refractivity contribution in [1.82, 2.24) is 9.80 Å². The number of ether oxygens (including phenoxy) is 2. The Hall–Kier alpha value is -1.43. The van der Waals surface area contributed by atoms with Crippen LogP contribution in [0.25, 0.3) is 0 Å². The third-order valence-corrected chi connectivity index (χ3v) is 5.54. The highest BCUT2D eigenvalue weighted by Crippen LogP contribution is 2.36. The van der Waals surface area contributed by atoms with Gasteiger partial charge in [-0.2, -0.15) is 0 Å². The van der Waals surface area contributed by atoms with Gasteiger partial charge in [0.25, 0.3) is 0 Å². The van der Waals surface area contributed by atoms with Gasteiger partial charge >= 0.3 is 5.97 Å². The van der Waals surface area contributed by atoms with Gasteiger partial charge in [-0.1, -0.05) is 30.3 Å². The summed E-state index contributed by atoms with van der Waals surface area (Å²) in [4.78, 5) is 17.7. The summed E-state index contributed by atoms with van der Waals surface area (Å²) in [5, 5.41) is 0. The molecule has 0 N–H and O–H groups in total. The Kier molecular flexibility index (Phi) is 6.45. The van der Waals surface area contributed by atoms with Gasteiger partial charge < -0.3 is 14.4 Å². The van der Waals surface area contributed by atoms with E-state index in [0.717, 1.165) is 70.9 Å². The Morgan fingerprint density at radius 1 is 1.04 bits per heavy atom. The van der Waals surface area contributed by atoms with Crippen LogP contribution >= 0.6 is 0 Å². The zero-order valence-corrected chi connectivity index (χ0v) is 15.3. The van der Waals surface area contributed by atoms with Crippen molar-refractivity contribution in [3.05, 3.63) is 35.9 Å². The molecule has 1 aromatic carbocycles. The zero-order chi connectivity index (χ0) is 17.5. The highest BCUT2D eigenvalue weighted by atomic mass is 16.5. The molecule has 0 unspecified atom stereocenters. The molecule has 0 aliphatic carbocycles. The van der Waals surface area contributed by atoms with Gasteiger partial charge in [0.1, 0.15) is 0 Å². The maximum atomic E-state index is 12.8. The molecule has 0 radical (unpaired) electrons. The van der Waals surface area contributed by atoms with Crippen molar-refractivity contribution in [3.63, 3.8) is 0 Å². The minimum absolute atomic E-state index is 0.0611. The number of hydrogen-bond donors (Lipinski definition) is 0. The maximum Gasteiger partial charge on any atom is 0.316 e. The van der Waals surface area contributed by atoms with E-state index in [1.54, 1.807) is 0 Å². The van der Waals surface area contributed by atoms with Crippen LogP contribution in [0.5, 0.6) is 0 Å². The molecular weight excluding hydrogens is 316 g/mol. The van der Waals surface area contributed by atoms with Crippen molar-refractivity contribution in [2.75, 3.05) is 59.1 Å². The van der Waals surface area contributed by atoms with Crippen LogP contribution in [0.2, 0.25) is 0 Å². The minimum atomic E-state index is -0.479. The molecule has 0 bridgehead atoms. The van der Waals surface area contributed by atoms with Gasteiger partial charge in [-0.3, -0.25) is 9.69 Å². The van der Waals surface area contributed by atoms with Crippen molar-refractivity contribution < 1.29 is 14.3 Å². The lowest BCUT2D eigenvalue weighted by atomic mass is 9.72. The fourth-order valence-electron chi connectivity index (χ4n) is 3.90.